The lowest BCUT2D eigenvalue weighted by Crippen LogP contribution is -2.62. The van der Waals surface area contributed by atoms with Crippen LogP contribution < -0.4 is 10.6 Å². The second-order valence-electron chi connectivity index (χ2n) is 9.80. The first-order chi connectivity index (χ1) is 14.3. The van der Waals surface area contributed by atoms with Gasteiger partial charge in [0, 0.05) is 34.4 Å². The van der Waals surface area contributed by atoms with Crippen LogP contribution in [0.25, 0.3) is 21.8 Å². The summed E-state index contributed by atoms with van der Waals surface area (Å²) < 4.78 is 0. The fourth-order valence-corrected chi connectivity index (χ4v) is 5.05. The van der Waals surface area contributed by atoms with Crippen LogP contribution in [0.4, 0.5) is 5.69 Å². The number of fused-ring (bicyclic) bond motifs is 2. The van der Waals surface area contributed by atoms with Crippen LogP contribution in [-0.2, 0) is 0 Å². The molecule has 0 atom stereocenters. The summed E-state index contributed by atoms with van der Waals surface area (Å²) in [6, 6.07) is 17.1. The van der Waals surface area contributed by atoms with Gasteiger partial charge < -0.3 is 15.8 Å². The molecule has 0 amide bonds. The number of hydroxylamine groups is 2. The van der Waals surface area contributed by atoms with E-state index in [4.69, 9.17) is 4.98 Å². The molecular formula is C25H34N4O. The summed E-state index contributed by atoms with van der Waals surface area (Å²) in [5.41, 5.74) is 2.79. The van der Waals surface area contributed by atoms with Crippen LogP contribution in [0, 0.1) is 0 Å². The van der Waals surface area contributed by atoms with Gasteiger partial charge in [-0.2, -0.15) is 5.06 Å². The Morgan fingerprint density at radius 3 is 2.00 bits per heavy atom. The smallest absolute Gasteiger partial charge is 0.0730 e. The fraction of sp³-hybridized carbons (Fsp3) is 0.480. The first kappa shape index (κ1) is 21.0. The molecule has 1 saturated heterocycles. The number of anilines is 1. The van der Waals surface area contributed by atoms with E-state index in [1.165, 1.54) is 16.5 Å². The van der Waals surface area contributed by atoms with Crippen molar-refractivity contribution in [1.29, 1.82) is 0 Å². The van der Waals surface area contributed by atoms with Crippen molar-refractivity contribution in [3.8, 4) is 0 Å². The maximum Gasteiger partial charge on any atom is 0.0730 e. The number of nitrogens with zero attached hydrogens (tertiary/aromatic N) is 2. The highest BCUT2D eigenvalue weighted by Gasteiger charge is 2.44. The van der Waals surface area contributed by atoms with Gasteiger partial charge in [-0.1, -0.05) is 36.4 Å². The summed E-state index contributed by atoms with van der Waals surface area (Å²) in [5.74, 6) is 0. The predicted octanol–water partition coefficient (Wildman–Crippen LogP) is 5.19. The Hall–Kier alpha value is -2.21. The zero-order valence-corrected chi connectivity index (χ0v) is 18.6. The van der Waals surface area contributed by atoms with Crippen molar-refractivity contribution >= 4 is 27.5 Å². The molecule has 0 radical (unpaired) electrons. The first-order valence-corrected chi connectivity index (χ1v) is 11.0. The molecule has 5 nitrogen and oxygen atoms in total. The summed E-state index contributed by atoms with van der Waals surface area (Å²) in [7, 11) is 0. The van der Waals surface area contributed by atoms with Gasteiger partial charge >= 0.3 is 0 Å². The highest BCUT2D eigenvalue weighted by Crippen LogP contribution is 2.36. The van der Waals surface area contributed by atoms with E-state index < -0.39 is 0 Å². The van der Waals surface area contributed by atoms with Crippen LogP contribution in [0.1, 0.15) is 47.0 Å². The largest absolute Gasteiger partial charge is 0.384 e. The number of hydrogen-bond donors (Lipinski definition) is 3. The molecule has 3 aromatic rings. The Balaban J connectivity index is 1.39. The van der Waals surface area contributed by atoms with E-state index in [1.54, 1.807) is 5.06 Å². The molecule has 0 unspecified atom stereocenters. The van der Waals surface area contributed by atoms with Crippen molar-refractivity contribution in [3.63, 3.8) is 0 Å². The minimum absolute atomic E-state index is 0.216. The Morgan fingerprint density at radius 2 is 1.43 bits per heavy atom. The van der Waals surface area contributed by atoms with Crippen molar-refractivity contribution in [3.05, 3.63) is 48.5 Å². The van der Waals surface area contributed by atoms with Gasteiger partial charge in [0.2, 0.25) is 0 Å². The molecule has 1 aromatic heterocycles. The average molecular weight is 407 g/mol. The molecule has 160 valence electrons. The SMILES string of the molecule is CC1(C)CC(NCCCNc2c3ccccc3nc3ccccc23)CC(C)(C)N1O. The standard InChI is InChI=1S/C25H34N4O/c1-24(2)16-18(17-25(3,4)29(24)30)26-14-9-15-27-23-19-10-5-7-12-21(19)28-22-13-8-6-11-20(22)23/h5-8,10-13,18,26,30H,9,14-17H2,1-4H3,(H,27,28). The fourth-order valence-electron chi connectivity index (χ4n) is 5.05. The van der Waals surface area contributed by atoms with Gasteiger partial charge in [-0.05, 0) is 65.6 Å². The Kier molecular flexibility index (Phi) is 5.71. The van der Waals surface area contributed by atoms with Gasteiger partial charge in [0.15, 0.2) is 0 Å². The van der Waals surface area contributed by atoms with Crippen LogP contribution >= 0.6 is 0 Å². The highest BCUT2D eigenvalue weighted by atomic mass is 16.5. The second-order valence-corrected chi connectivity index (χ2v) is 9.80. The van der Waals surface area contributed by atoms with Crippen molar-refractivity contribution in [2.24, 2.45) is 0 Å². The number of hydrogen-bond acceptors (Lipinski definition) is 5. The molecule has 2 aromatic carbocycles. The molecule has 30 heavy (non-hydrogen) atoms. The molecule has 1 fully saturated rings. The molecule has 0 saturated carbocycles. The molecule has 5 heteroatoms. The monoisotopic (exact) mass is 406 g/mol. The third-order valence-electron chi connectivity index (χ3n) is 6.31. The van der Waals surface area contributed by atoms with Crippen LogP contribution in [0.5, 0.6) is 0 Å². The van der Waals surface area contributed by atoms with Gasteiger partial charge in [0.1, 0.15) is 0 Å². The van der Waals surface area contributed by atoms with Crippen molar-refractivity contribution < 1.29 is 5.21 Å². The zero-order chi connectivity index (χ0) is 21.4. The van der Waals surface area contributed by atoms with Crippen LogP contribution in [-0.4, -0.2) is 45.5 Å². The number of piperidine rings is 1. The Bertz CT molecular complexity index is 958. The molecule has 1 aliphatic rings. The maximum absolute atomic E-state index is 10.5. The van der Waals surface area contributed by atoms with Gasteiger partial charge in [-0.25, -0.2) is 4.98 Å². The minimum Gasteiger partial charge on any atom is -0.384 e. The summed E-state index contributed by atoms with van der Waals surface area (Å²) in [6.45, 7) is 10.3. The average Bonchev–Trinajstić information content (AvgIpc) is 2.70. The third-order valence-corrected chi connectivity index (χ3v) is 6.31. The summed E-state index contributed by atoms with van der Waals surface area (Å²) >= 11 is 0. The summed E-state index contributed by atoms with van der Waals surface area (Å²) in [6.07, 6.45) is 2.92. The van der Waals surface area contributed by atoms with Crippen LogP contribution in [0.2, 0.25) is 0 Å². The van der Waals surface area contributed by atoms with Crippen molar-refractivity contribution in [2.75, 3.05) is 18.4 Å². The molecule has 0 spiro atoms. The summed E-state index contributed by atoms with van der Waals surface area (Å²) in [5, 5.41) is 21.8. The number of nitrogens with one attached hydrogen (secondary N) is 2. The second kappa shape index (κ2) is 8.14. The molecule has 0 bridgehead atoms. The van der Waals surface area contributed by atoms with E-state index in [0.717, 1.165) is 43.4 Å². The van der Waals surface area contributed by atoms with E-state index in [0.29, 0.717) is 6.04 Å². The molecule has 3 N–H and O–H groups in total. The van der Waals surface area contributed by atoms with Gasteiger partial charge in [0.25, 0.3) is 0 Å². The number of para-hydroxylation sites is 2. The quantitative estimate of drug-likeness (QED) is 0.388. The molecule has 0 aliphatic carbocycles. The van der Waals surface area contributed by atoms with E-state index in [1.807, 2.05) is 12.1 Å². The molecule has 4 rings (SSSR count). The Labute approximate surface area is 179 Å². The normalized spacial score (nSPS) is 19.4. The van der Waals surface area contributed by atoms with Crippen molar-refractivity contribution in [2.45, 2.75) is 64.1 Å². The number of benzene rings is 2. The number of rotatable bonds is 6. The topological polar surface area (TPSA) is 60.4 Å². The number of pyridine rings is 1. The predicted molar refractivity (Wildman–Crippen MR) is 125 cm³/mol. The van der Waals surface area contributed by atoms with Gasteiger partial charge in [-0.15, -0.1) is 0 Å². The lowest BCUT2D eigenvalue weighted by Gasteiger charge is -2.51. The summed E-state index contributed by atoms with van der Waals surface area (Å²) in [4.78, 5) is 4.80. The maximum atomic E-state index is 10.5. The minimum atomic E-state index is -0.216. The van der Waals surface area contributed by atoms with Crippen LogP contribution in [0.15, 0.2) is 48.5 Å². The van der Waals surface area contributed by atoms with Crippen molar-refractivity contribution in [1.82, 2.24) is 15.4 Å². The van der Waals surface area contributed by atoms with Gasteiger partial charge in [0.05, 0.1) is 16.7 Å². The lowest BCUT2D eigenvalue weighted by atomic mass is 9.79. The van der Waals surface area contributed by atoms with E-state index in [2.05, 4.69) is 74.7 Å². The zero-order valence-electron chi connectivity index (χ0n) is 18.6. The first-order valence-electron chi connectivity index (χ1n) is 11.0. The highest BCUT2D eigenvalue weighted by molar-refractivity contribution is 6.07. The Morgan fingerprint density at radius 1 is 0.900 bits per heavy atom. The third kappa shape index (κ3) is 4.15. The van der Waals surface area contributed by atoms with E-state index >= 15 is 0 Å². The molecular weight excluding hydrogens is 372 g/mol. The number of aromatic nitrogens is 1. The molecule has 2 heterocycles. The van der Waals surface area contributed by atoms with Crippen LogP contribution in [0.3, 0.4) is 0 Å². The van der Waals surface area contributed by atoms with Gasteiger partial charge in [-0.3, -0.25) is 0 Å². The van der Waals surface area contributed by atoms with E-state index in [-0.39, 0.29) is 11.1 Å². The lowest BCUT2D eigenvalue weighted by molar-refractivity contribution is -0.246. The van der Waals surface area contributed by atoms with E-state index in [9.17, 15) is 5.21 Å². The molecule has 1 aliphatic heterocycles.